The van der Waals surface area contributed by atoms with Gasteiger partial charge in [0.1, 0.15) is 0 Å². The first kappa shape index (κ1) is 9.20. The van der Waals surface area contributed by atoms with Crippen LogP contribution in [0.3, 0.4) is 0 Å². The van der Waals surface area contributed by atoms with Crippen LogP contribution in [-0.4, -0.2) is 12.2 Å². The van der Waals surface area contributed by atoms with Crippen molar-refractivity contribution >= 4 is 0 Å². The minimum absolute atomic E-state index is 1.00. The fraction of sp³-hybridized carbons (Fsp3) is 0.600. The Bertz CT molecular complexity index is 17.9. The molecular formula is C5H12O. The highest BCUT2D eigenvalue weighted by Crippen LogP contribution is 1.66. The topological polar surface area (TPSA) is 20.2 Å². The quantitative estimate of drug-likeness (QED) is 0.477. The van der Waals surface area contributed by atoms with Crippen LogP contribution in [0.25, 0.3) is 0 Å². The van der Waals surface area contributed by atoms with Gasteiger partial charge in [-0.15, -0.1) is 6.58 Å². The first-order valence-electron chi connectivity index (χ1n) is 1.97. The van der Waals surface area contributed by atoms with Crippen LogP contribution in [0, 0.1) is 0 Å². The molecule has 0 aliphatic carbocycles. The van der Waals surface area contributed by atoms with Crippen LogP contribution >= 0.6 is 0 Å². The van der Waals surface area contributed by atoms with Crippen molar-refractivity contribution in [3.63, 3.8) is 0 Å². The molecule has 0 aromatic carbocycles. The Hall–Kier alpha value is -0.300. The highest BCUT2D eigenvalue weighted by molar-refractivity contribution is 4.60. The van der Waals surface area contributed by atoms with E-state index in [0.29, 0.717) is 0 Å². The molecule has 0 spiro atoms. The molecule has 0 aromatic rings. The van der Waals surface area contributed by atoms with E-state index < -0.39 is 0 Å². The van der Waals surface area contributed by atoms with E-state index in [-0.39, 0.29) is 0 Å². The number of allylic oxidation sites excluding steroid dienone is 1. The Morgan fingerprint density at radius 1 is 1.67 bits per heavy atom. The van der Waals surface area contributed by atoms with Crippen molar-refractivity contribution < 1.29 is 5.11 Å². The van der Waals surface area contributed by atoms with Crippen LogP contribution in [-0.2, 0) is 0 Å². The molecule has 0 aliphatic rings. The summed E-state index contributed by atoms with van der Waals surface area (Å²) in [7, 11) is 1.00. The van der Waals surface area contributed by atoms with Crippen LogP contribution in [0.4, 0.5) is 0 Å². The zero-order valence-corrected chi connectivity index (χ0v) is 4.44. The third-order valence-electron chi connectivity index (χ3n) is 0.289. The highest BCUT2D eigenvalue weighted by Gasteiger charge is 1.45. The normalized spacial score (nSPS) is 5.17. The van der Waals surface area contributed by atoms with E-state index in [4.69, 9.17) is 5.11 Å². The minimum atomic E-state index is 1.00. The van der Waals surface area contributed by atoms with Crippen molar-refractivity contribution in [2.75, 3.05) is 7.11 Å². The third kappa shape index (κ3) is 55.0. The predicted molar refractivity (Wildman–Crippen MR) is 28.6 cm³/mol. The fourth-order valence-corrected chi connectivity index (χ4v) is 0. The van der Waals surface area contributed by atoms with Gasteiger partial charge in [0.25, 0.3) is 0 Å². The van der Waals surface area contributed by atoms with Gasteiger partial charge in [0.05, 0.1) is 0 Å². The van der Waals surface area contributed by atoms with E-state index in [1.54, 1.807) is 0 Å². The second-order valence-electron chi connectivity index (χ2n) is 0.697. The van der Waals surface area contributed by atoms with Gasteiger partial charge in [-0.05, 0) is 6.42 Å². The molecule has 0 rings (SSSR count). The van der Waals surface area contributed by atoms with Gasteiger partial charge in [-0.3, -0.25) is 0 Å². The monoisotopic (exact) mass is 88.1 g/mol. The highest BCUT2D eigenvalue weighted by atomic mass is 16.2. The number of aliphatic hydroxyl groups is 1. The second kappa shape index (κ2) is 22.3. The van der Waals surface area contributed by atoms with Gasteiger partial charge in [-0.1, -0.05) is 13.0 Å². The van der Waals surface area contributed by atoms with E-state index in [0.717, 1.165) is 13.5 Å². The summed E-state index contributed by atoms with van der Waals surface area (Å²) >= 11 is 0. The van der Waals surface area contributed by atoms with Crippen LogP contribution in [0.1, 0.15) is 13.3 Å². The van der Waals surface area contributed by atoms with Gasteiger partial charge >= 0.3 is 0 Å². The number of hydrogen-bond acceptors (Lipinski definition) is 1. The van der Waals surface area contributed by atoms with Crippen molar-refractivity contribution in [3.05, 3.63) is 12.7 Å². The molecule has 0 unspecified atom stereocenters. The van der Waals surface area contributed by atoms with Gasteiger partial charge in [0.2, 0.25) is 0 Å². The maximum atomic E-state index is 7.00. The predicted octanol–water partition coefficient (Wildman–Crippen LogP) is 1.19. The molecule has 1 N–H and O–H groups in total. The van der Waals surface area contributed by atoms with E-state index in [9.17, 15) is 0 Å². The first-order chi connectivity index (χ1) is 2.91. The minimum Gasteiger partial charge on any atom is -0.400 e. The Morgan fingerprint density at radius 2 is 1.83 bits per heavy atom. The standard InChI is InChI=1S/C4H8.CH4O/c1-3-4-2;1-2/h3H,1,4H2,2H3;2H,1H3. The second-order valence-corrected chi connectivity index (χ2v) is 0.697. The van der Waals surface area contributed by atoms with E-state index in [1.165, 1.54) is 0 Å². The zero-order valence-electron chi connectivity index (χ0n) is 4.44. The lowest BCUT2D eigenvalue weighted by molar-refractivity contribution is 0.399. The molecule has 0 amide bonds. The van der Waals surface area contributed by atoms with Crippen LogP contribution < -0.4 is 0 Å². The molecule has 0 bridgehead atoms. The Kier molecular flexibility index (Phi) is 34.1. The van der Waals surface area contributed by atoms with Gasteiger partial charge in [-0.2, -0.15) is 0 Å². The summed E-state index contributed by atoms with van der Waals surface area (Å²) in [5.74, 6) is 0. The maximum absolute atomic E-state index is 7.00. The van der Waals surface area contributed by atoms with Gasteiger partial charge in [-0.25, -0.2) is 0 Å². The molecule has 0 saturated carbocycles. The van der Waals surface area contributed by atoms with Gasteiger partial charge in [0, 0.05) is 7.11 Å². The molecule has 1 nitrogen and oxygen atoms in total. The summed E-state index contributed by atoms with van der Waals surface area (Å²) in [5.41, 5.74) is 0. The summed E-state index contributed by atoms with van der Waals surface area (Å²) in [5, 5.41) is 7.00. The summed E-state index contributed by atoms with van der Waals surface area (Å²) in [4.78, 5) is 0. The summed E-state index contributed by atoms with van der Waals surface area (Å²) in [6.45, 7) is 5.54. The van der Waals surface area contributed by atoms with Crippen molar-refractivity contribution in [1.82, 2.24) is 0 Å². The number of hydrogen-bond donors (Lipinski definition) is 1. The van der Waals surface area contributed by atoms with Crippen molar-refractivity contribution in [2.24, 2.45) is 0 Å². The smallest absolute Gasteiger partial charge is 0.0319 e. The average Bonchev–Trinajstić information content (AvgIpc) is 1.72. The zero-order chi connectivity index (χ0) is 5.41. The van der Waals surface area contributed by atoms with E-state index in [1.807, 2.05) is 6.08 Å². The van der Waals surface area contributed by atoms with E-state index >= 15 is 0 Å². The summed E-state index contributed by atoms with van der Waals surface area (Å²) in [6.07, 6.45) is 2.96. The molecule has 0 saturated heterocycles. The lowest BCUT2D eigenvalue weighted by Gasteiger charge is -1.57. The van der Waals surface area contributed by atoms with Crippen molar-refractivity contribution in [3.8, 4) is 0 Å². The Morgan fingerprint density at radius 3 is 1.83 bits per heavy atom. The number of aliphatic hydroxyl groups excluding tert-OH is 1. The molecule has 0 radical (unpaired) electrons. The molecule has 0 fully saturated rings. The van der Waals surface area contributed by atoms with Crippen molar-refractivity contribution in [2.45, 2.75) is 13.3 Å². The lowest BCUT2D eigenvalue weighted by atomic mass is 10.5. The van der Waals surface area contributed by atoms with Gasteiger partial charge < -0.3 is 5.11 Å². The maximum Gasteiger partial charge on any atom is 0.0319 e. The summed E-state index contributed by atoms with van der Waals surface area (Å²) in [6, 6.07) is 0. The molecule has 0 aromatic heterocycles. The molecule has 0 atom stereocenters. The Labute approximate surface area is 39.3 Å². The molecule has 38 valence electrons. The molecule has 1 heteroatoms. The first-order valence-corrected chi connectivity index (χ1v) is 1.97. The fourth-order valence-electron chi connectivity index (χ4n) is 0. The lowest BCUT2D eigenvalue weighted by Crippen LogP contribution is -1.36. The van der Waals surface area contributed by atoms with Gasteiger partial charge in [0.15, 0.2) is 0 Å². The average molecular weight is 88.1 g/mol. The van der Waals surface area contributed by atoms with Crippen molar-refractivity contribution in [1.29, 1.82) is 0 Å². The third-order valence-corrected chi connectivity index (χ3v) is 0.289. The molecule has 0 aliphatic heterocycles. The SMILES string of the molecule is C=CCC.CO. The molecule has 6 heavy (non-hydrogen) atoms. The van der Waals surface area contributed by atoms with Crippen LogP contribution in [0.15, 0.2) is 12.7 Å². The molecule has 0 heterocycles. The number of rotatable bonds is 1. The molecular weight excluding hydrogens is 76.1 g/mol. The van der Waals surface area contributed by atoms with E-state index in [2.05, 4.69) is 13.5 Å². The largest absolute Gasteiger partial charge is 0.400 e. The van der Waals surface area contributed by atoms with Crippen LogP contribution in [0.5, 0.6) is 0 Å². The summed E-state index contributed by atoms with van der Waals surface area (Å²) < 4.78 is 0. The Balaban J connectivity index is 0. The van der Waals surface area contributed by atoms with Crippen LogP contribution in [0.2, 0.25) is 0 Å².